The molecule has 0 N–H and O–H groups in total. The lowest BCUT2D eigenvalue weighted by Gasteiger charge is -2.18. The molecule has 474 valence electrons. The van der Waals surface area contributed by atoms with E-state index in [4.69, 9.17) is 14.2 Å². The van der Waals surface area contributed by atoms with Gasteiger partial charge in [0.25, 0.3) is 0 Å². The maximum atomic E-state index is 12.9. The topological polar surface area (TPSA) is 78.9 Å². The zero-order chi connectivity index (χ0) is 57.8. The van der Waals surface area contributed by atoms with Gasteiger partial charge in [-0.25, -0.2) is 0 Å². The van der Waals surface area contributed by atoms with Crippen LogP contribution < -0.4 is 0 Å². The first kappa shape index (κ1) is 78.1. The Kier molecular flexibility index (Phi) is 68.0. The van der Waals surface area contributed by atoms with Crippen molar-refractivity contribution in [3.63, 3.8) is 0 Å². The van der Waals surface area contributed by atoms with E-state index < -0.39 is 6.10 Å². The number of unbranched alkanes of at least 4 members (excludes halogenated alkanes) is 56. The molecule has 6 nitrogen and oxygen atoms in total. The van der Waals surface area contributed by atoms with Gasteiger partial charge in [0.15, 0.2) is 6.10 Å². The molecule has 0 aliphatic rings. The lowest BCUT2D eigenvalue weighted by Crippen LogP contribution is -2.30. The number of esters is 3. The van der Waals surface area contributed by atoms with Crippen molar-refractivity contribution in [3.05, 3.63) is 12.2 Å². The predicted molar refractivity (Wildman–Crippen MR) is 349 cm³/mol. The lowest BCUT2D eigenvalue weighted by molar-refractivity contribution is -0.167. The minimum Gasteiger partial charge on any atom is -0.462 e. The van der Waals surface area contributed by atoms with Gasteiger partial charge >= 0.3 is 17.9 Å². The van der Waals surface area contributed by atoms with E-state index in [0.717, 1.165) is 57.8 Å². The minimum absolute atomic E-state index is 0.0620. The molecule has 0 aliphatic heterocycles. The molecule has 0 aliphatic carbocycles. The van der Waals surface area contributed by atoms with Crippen LogP contribution in [0.15, 0.2) is 12.2 Å². The summed E-state index contributed by atoms with van der Waals surface area (Å²) >= 11 is 0. The molecular weight excluding hydrogens is 985 g/mol. The SMILES string of the molecule is CCCCCCCCCC/C=C\CCCCCCCCCCCCCCCCCCCC(=O)OCC(COC(=O)CCCCCCCCCCCCCC)OC(=O)CCCCCCCCCCCCCCCCCCCCCCC. The Balaban J connectivity index is 4.13. The highest BCUT2D eigenvalue weighted by Crippen LogP contribution is 2.19. The molecule has 0 spiro atoms. The standard InChI is InChI=1S/C74H142O6/c1-4-7-10-13-16-19-22-25-27-29-31-33-34-35-36-37-38-39-40-42-43-45-47-49-52-55-58-61-64-67-73(76)79-70-71(69-78-72(75)66-63-60-57-54-51-24-21-18-15-12-9-6-3)80-74(77)68-65-62-59-56-53-50-48-46-44-41-32-30-28-26-23-20-17-14-11-8-5-2/h29,31,71H,4-28,30,32-70H2,1-3H3/b31-29-. The summed E-state index contributed by atoms with van der Waals surface area (Å²) in [6.07, 6.45) is 84.0. The summed E-state index contributed by atoms with van der Waals surface area (Å²) < 4.78 is 17.0. The average Bonchev–Trinajstić information content (AvgIpc) is 3.46. The van der Waals surface area contributed by atoms with E-state index in [0.29, 0.717) is 19.3 Å². The molecule has 0 aromatic heterocycles. The molecule has 0 aromatic carbocycles. The summed E-state index contributed by atoms with van der Waals surface area (Å²) in [6, 6.07) is 0. The predicted octanol–water partition coefficient (Wildman–Crippen LogP) is 25.2. The fourth-order valence-electron chi connectivity index (χ4n) is 11.5. The summed E-state index contributed by atoms with van der Waals surface area (Å²) in [5.74, 6) is -0.825. The van der Waals surface area contributed by atoms with E-state index in [1.54, 1.807) is 0 Å². The monoisotopic (exact) mass is 1130 g/mol. The Hall–Kier alpha value is -1.85. The van der Waals surface area contributed by atoms with Gasteiger partial charge in [-0.15, -0.1) is 0 Å². The Morgan fingerprint density at radius 2 is 0.412 bits per heavy atom. The number of carbonyl (C=O) groups is 3. The third kappa shape index (κ3) is 66.9. The zero-order valence-corrected chi connectivity index (χ0v) is 54.6. The molecule has 0 amide bonds. The second kappa shape index (κ2) is 69.6. The molecule has 0 aromatic rings. The van der Waals surface area contributed by atoms with Gasteiger partial charge in [0, 0.05) is 19.3 Å². The van der Waals surface area contributed by atoms with Crippen LogP contribution in [0.2, 0.25) is 0 Å². The van der Waals surface area contributed by atoms with E-state index in [2.05, 4.69) is 32.9 Å². The molecule has 1 atom stereocenters. The van der Waals surface area contributed by atoms with Crippen LogP contribution in [0.1, 0.15) is 425 Å². The molecule has 1 unspecified atom stereocenters. The summed E-state index contributed by atoms with van der Waals surface area (Å²) in [7, 11) is 0. The first-order valence-electron chi connectivity index (χ1n) is 36.7. The molecular formula is C74H142O6. The van der Waals surface area contributed by atoms with E-state index in [9.17, 15) is 14.4 Å². The first-order valence-corrected chi connectivity index (χ1v) is 36.7. The highest BCUT2D eigenvalue weighted by molar-refractivity contribution is 5.71. The van der Waals surface area contributed by atoms with Gasteiger partial charge in [-0.2, -0.15) is 0 Å². The molecule has 0 radical (unpaired) electrons. The highest BCUT2D eigenvalue weighted by atomic mass is 16.6. The third-order valence-corrected chi connectivity index (χ3v) is 17.0. The van der Waals surface area contributed by atoms with Crippen LogP contribution >= 0.6 is 0 Å². The number of carbonyl (C=O) groups excluding carboxylic acids is 3. The van der Waals surface area contributed by atoms with Gasteiger partial charge in [-0.1, -0.05) is 373 Å². The highest BCUT2D eigenvalue weighted by Gasteiger charge is 2.20. The largest absolute Gasteiger partial charge is 0.462 e. The normalized spacial score (nSPS) is 12.0. The second-order valence-electron chi connectivity index (χ2n) is 25.2. The summed E-state index contributed by atoms with van der Waals surface area (Å²) in [5, 5.41) is 0. The summed E-state index contributed by atoms with van der Waals surface area (Å²) in [6.45, 7) is 6.73. The van der Waals surface area contributed by atoms with Crippen LogP contribution in [0.4, 0.5) is 0 Å². The Labute approximate surface area is 501 Å². The van der Waals surface area contributed by atoms with Crippen LogP contribution in [-0.2, 0) is 28.6 Å². The quantitative estimate of drug-likeness (QED) is 0.0261. The van der Waals surface area contributed by atoms with Crippen molar-refractivity contribution >= 4 is 17.9 Å². The fraction of sp³-hybridized carbons (Fsp3) is 0.932. The minimum atomic E-state index is -0.765. The van der Waals surface area contributed by atoms with Crippen molar-refractivity contribution in [1.82, 2.24) is 0 Å². The number of hydrogen-bond acceptors (Lipinski definition) is 6. The number of ether oxygens (including phenoxy) is 3. The Morgan fingerprint density at radius 3 is 0.625 bits per heavy atom. The average molecular weight is 1130 g/mol. The van der Waals surface area contributed by atoms with E-state index in [1.807, 2.05) is 0 Å². The van der Waals surface area contributed by atoms with Gasteiger partial charge in [-0.05, 0) is 44.9 Å². The van der Waals surface area contributed by atoms with Crippen LogP contribution in [-0.4, -0.2) is 37.2 Å². The first-order chi connectivity index (χ1) is 39.5. The molecule has 0 rings (SSSR count). The Morgan fingerprint density at radius 1 is 0.237 bits per heavy atom. The summed E-state index contributed by atoms with van der Waals surface area (Å²) in [5.41, 5.74) is 0. The van der Waals surface area contributed by atoms with Gasteiger partial charge in [0.05, 0.1) is 0 Å². The molecule has 0 saturated heterocycles. The zero-order valence-electron chi connectivity index (χ0n) is 54.6. The lowest BCUT2D eigenvalue weighted by atomic mass is 10.0. The van der Waals surface area contributed by atoms with E-state index >= 15 is 0 Å². The van der Waals surface area contributed by atoms with E-state index in [1.165, 1.54) is 327 Å². The third-order valence-electron chi connectivity index (χ3n) is 17.0. The molecule has 6 heteroatoms. The van der Waals surface area contributed by atoms with Crippen LogP contribution in [0, 0.1) is 0 Å². The van der Waals surface area contributed by atoms with Crippen molar-refractivity contribution in [1.29, 1.82) is 0 Å². The fourth-order valence-corrected chi connectivity index (χ4v) is 11.5. The molecule has 0 heterocycles. The van der Waals surface area contributed by atoms with Crippen molar-refractivity contribution in [2.45, 2.75) is 431 Å². The number of rotatable bonds is 69. The number of allylic oxidation sites excluding steroid dienone is 2. The van der Waals surface area contributed by atoms with E-state index in [-0.39, 0.29) is 31.1 Å². The van der Waals surface area contributed by atoms with Gasteiger partial charge in [0.1, 0.15) is 13.2 Å². The summed E-state index contributed by atoms with van der Waals surface area (Å²) in [4.78, 5) is 38.4. The molecule has 0 fully saturated rings. The van der Waals surface area contributed by atoms with Crippen molar-refractivity contribution in [3.8, 4) is 0 Å². The molecule has 80 heavy (non-hydrogen) atoms. The Bertz CT molecular complexity index is 1250. The van der Waals surface area contributed by atoms with Gasteiger partial charge in [-0.3, -0.25) is 14.4 Å². The van der Waals surface area contributed by atoms with Crippen LogP contribution in [0.25, 0.3) is 0 Å². The molecule has 0 saturated carbocycles. The maximum Gasteiger partial charge on any atom is 0.306 e. The van der Waals surface area contributed by atoms with Gasteiger partial charge < -0.3 is 14.2 Å². The van der Waals surface area contributed by atoms with Crippen molar-refractivity contribution in [2.24, 2.45) is 0 Å². The van der Waals surface area contributed by atoms with Crippen LogP contribution in [0.3, 0.4) is 0 Å². The van der Waals surface area contributed by atoms with Crippen molar-refractivity contribution < 1.29 is 28.6 Å². The number of hydrogen-bond donors (Lipinski definition) is 0. The molecule has 0 bridgehead atoms. The smallest absolute Gasteiger partial charge is 0.306 e. The van der Waals surface area contributed by atoms with Crippen LogP contribution in [0.5, 0.6) is 0 Å². The van der Waals surface area contributed by atoms with Gasteiger partial charge in [0.2, 0.25) is 0 Å². The second-order valence-corrected chi connectivity index (χ2v) is 25.2. The van der Waals surface area contributed by atoms with Crippen molar-refractivity contribution in [2.75, 3.05) is 13.2 Å². The maximum absolute atomic E-state index is 12.9.